The highest BCUT2D eigenvalue weighted by Crippen LogP contribution is 2.14. The van der Waals surface area contributed by atoms with Gasteiger partial charge >= 0.3 is 0 Å². The Morgan fingerprint density at radius 2 is 2.20 bits per heavy atom. The summed E-state index contributed by atoms with van der Waals surface area (Å²) in [6, 6.07) is 0. The second-order valence-electron chi connectivity index (χ2n) is 3.81. The van der Waals surface area contributed by atoms with E-state index in [-0.39, 0.29) is 18.3 Å². The fourth-order valence-corrected chi connectivity index (χ4v) is 1.41. The van der Waals surface area contributed by atoms with Crippen LogP contribution >= 0.6 is 0 Å². The van der Waals surface area contributed by atoms with E-state index in [1.807, 2.05) is 6.92 Å². The maximum absolute atomic E-state index is 5.59. The van der Waals surface area contributed by atoms with Crippen molar-refractivity contribution in [1.82, 2.24) is 0 Å². The Balaban J connectivity index is 2.17. The Labute approximate surface area is 91.8 Å². The maximum Gasteiger partial charge on any atom is 0.147 e. The summed E-state index contributed by atoms with van der Waals surface area (Å²) in [5, 5.41) is 0. The van der Waals surface area contributed by atoms with Crippen molar-refractivity contribution in [3.8, 4) is 0 Å². The average molecular weight is 218 g/mol. The van der Waals surface area contributed by atoms with Gasteiger partial charge in [0.1, 0.15) is 19.7 Å². The van der Waals surface area contributed by atoms with Gasteiger partial charge in [0, 0.05) is 0 Å². The maximum atomic E-state index is 5.59. The highest BCUT2D eigenvalue weighted by atomic mass is 16.7. The summed E-state index contributed by atoms with van der Waals surface area (Å²) in [7, 11) is 0. The van der Waals surface area contributed by atoms with E-state index in [0.29, 0.717) is 20.2 Å². The Bertz CT molecular complexity index is 163. The molecule has 0 aromatic rings. The molecule has 0 aliphatic carbocycles. The summed E-state index contributed by atoms with van der Waals surface area (Å²) < 4.78 is 21.7. The van der Waals surface area contributed by atoms with Gasteiger partial charge in [0.05, 0.1) is 18.8 Å². The van der Waals surface area contributed by atoms with Crippen molar-refractivity contribution in [2.75, 3.05) is 20.2 Å². The van der Waals surface area contributed by atoms with E-state index in [2.05, 4.69) is 13.8 Å². The van der Waals surface area contributed by atoms with Gasteiger partial charge in [-0.2, -0.15) is 0 Å². The summed E-state index contributed by atoms with van der Waals surface area (Å²) in [5.41, 5.74) is 0. The summed E-state index contributed by atoms with van der Waals surface area (Å²) in [6.07, 6.45) is 2.33. The highest BCUT2D eigenvalue weighted by Gasteiger charge is 2.25. The smallest absolute Gasteiger partial charge is 0.147 e. The van der Waals surface area contributed by atoms with Crippen LogP contribution < -0.4 is 0 Å². The van der Waals surface area contributed by atoms with E-state index < -0.39 is 0 Å². The second kappa shape index (κ2) is 7.17. The van der Waals surface area contributed by atoms with Gasteiger partial charge in [-0.05, 0) is 19.8 Å². The number of rotatable bonds is 6. The molecule has 0 bridgehead atoms. The van der Waals surface area contributed by atoms with E-state index >= 15 is 0 Å². The van der Waals surface area contributed by atoms with Crippen molar-refractivity contribution < 1.29 is 18.9 Å². The van der Waals surface area contributed by atoms with Gasteiger partial charge in [0.2, 0.25) is 0 Å². The molecule has 0 amide bonds. The molecule has 0 saturated carbocycles. The van der Waals surface area contributed by atoms with Crippen LogP contribution in [0.4, 0.5) is 0 Å². The van der Waals surface area contributed by atoms with Crippen LogP contribution in [0.15, 0.2) is 0 Å². The Kier molecular flexibility index (Phi) is 6.17. The lowest BCUT2D eigenvalue weighted by atomic mass is 10.1. The van der Waals surface area contributed by atoms with Crippen molar-refractivity contribution in [2.24, 2.45) is 0 Å². The molecular formula is C11H22O4. The Hall–Kier alpha value is -0.160. The SMILES string of the molecule is CC[C@@H](C)OCOC1COCO[C@H]1CC. The molecule has 1 heterocycles. The lowest BCUT2D eigenvalue weighted by molar-refractivity contribution is -0.233. The minimum absolute atomic E-state index is 0.00723. The molecule has 1 aliphatic heterocycles. The lowest BCUT2D eigenvalue weighted by Gasteiger charge is -2.30. The van der Waals surface area contributed by atoms with Crippen molar-refractivity contribution in [3.05, 3.63) is 0 Å². The average Bonchev–Trinajstić information content (AvgIpc) is 2.29. The normalized spacial score (nSPS) is 29.0. The van der Waals surface area contributed by atoms with Crippen LogP contribution in [0.5, 0.6) is 0 Å². The Morgan fingerprint density at radius 3 is 2.87 bits per heavy atom. The summed E-state index contributed by atoms with van der Waals surface area (Å²) in [5.74, 6) is 0. The molecule has 1 unspecified atom stereocenters. The van der Waals surface area contributed by atoms with Crippen molar-refractivity contribution >= 4 is 0 Å². The van der Waals surface area contributed by atoms with Crippen LogP contribution in [0.1, 0.15) is 33.6 Å². The van der Waals surface area contributed by atoms with Crippen molar-refractivity contribution in [3.63, 3.8) is 0 Å². The third kappa shape index (κ3) is 4.47. The van der Waals surface area contributed by atoms with E-state index in [1.54, 1.807) is 0 Å². The fourth-order valence-electron chi connectivity index (χ4n) is 1.41. The van der Waals surface area contributed by atoms with Gasteiger partial charge in [-0.15, -0.1) is 0 Å². The second-order valence-corrected chi connectivity index (χ2v) is 3.81. The minimum atomic E-state index is 0.00723. The third-order valence-corrected chi connectivity index (χ3v) is 2.67. The zero-order chi connectivity index (χ0) is 11.1. The van der Waals surface area contributed by atoms with Gasteiger partial charge in [0.25, 0.3) is 0 Å². The van der Waals surface area contributed by atoms with Gasteiger partial charge < -0.3 is 18.9 Å². The van der Waals surface area contributed by atoms with E-state index in [4.69, 9.17) is 18.9 Å². The molecule has 4 heteroatoms. The van der Waals surface area contributed by atoms with Crippen molar-refractivity contribution in [1.29, 1.82) is 0 Å². The fraction of sp³-hybridized carbons (Fsp3) is 1.00. The molecule has 1 saturated heterocycles. The Morgan fingerprint density at radius 1 is 1.40 bits per heavy atom. The zero-order valence-electron chi connectivity index (χ0n) is 9.90. The van der Waals surface area contributed by atoms with Crippen LogP contribution in [-0.2, 0) is 18.9 Å². The molecule has 90 valence electrons. The molecule has 0 aromatic carbocycles. The highest BCUT2D eigenvalue weighted by molar-refractivity contribution is 4.70. The van der Waals surface area contributed by atoms with Gasteiger partial charge in [-0.1, -0.05) is 13.8 Å². The molecule has 0 N–H and O–H groups in total. The molecule has 15 heavy (non-hydrogen) atoms. The van der Waals surface area contributed by atoms with Crippen LogP contribution in [0.3, 0.4) is 0 Å². The van der Waals surface area contributed by atoms with E-state index in [1.165, 1.54) is 0 Å². The first-order valence-corrected chi connectivity index (χ1v) is 5.70. The molecule has 0 radical (unpaired) electrons. The first-order valence-electron chi connectivity index (χ1n) is 5.70. The third-order valence-electron chi connectivity index (χ3n) is 2.67. The number of hydrogen-bond acceptors (Lipinski definition) is 4. The zero-order valence-corrected chi connectivity index (χ0v) is 9.90. The van der Waals surface area contributed by atoms with E-state index in [9.17, 15) is 0 Å². The van der Waals surface area contributed by atoms with Gasteiger partial charge in [-0.25, -0.2) is 0 Å². The largest absolute Gasteiger partial charge is 0.353 e. The quantitative estimate of drug-likeness (QED) is 0.638. The van der Waals surface area contributed by atoms with Crippen LogP contribution in [0.25, 0.3) is 0 Å². The van der Waals surface area contributed by atoms with Crippen LogP contribution in [0.2, 0.25) is 0 Å². The molecule has 4 nitrogen and oxygen atoms in total. The predicted octanol–water partition coefficient (Wildman–Crippen LogP) is 1.93. The monoisotopic (exact) mass is 218 g/mol. The summed E-state index contributed by atoms with van der Waals surface area (Å²) >= 11 is 0. The molecule has 0 aromatic heterocycles. The molecule has 1 aliphatic rings. The lowest BCUT2D eigenvalue weighted by Crippen LogP contribution is -2.41. The van der Waals surface area contributed by atoms with Gasteiger partial charge in [-0.3, -0.25) is 0 Å². The van der Waals surface area contributed by atoms with Crippen molar-refractivity contribution in [2.45, 2.75) is 51.9 Å². The minimum Gasteiger partial charge on any atom is -0.353 e. The summed E-state index contributed by atoms with van der Waals surface area (Å²) in [6.45, 7) is 7.51. The molecule has 0 spiro atoms. The van der Waals surface area contributed by atoms with Crippen LogP contribution in [0, 0.1) is 0 Å². The topological polar surface area (TPSA) is 36.9 Å². The molecule has 1 rings (SSSR count). The molecule has 3 atom stereocenters. The van der Waals surface area contributed by atoms with Crippen LogP contribution in [-0.4, -0.2) is 38.5 Å². The summed E-state index contributed by atoms with van der Waals surface area (Å²) in [4.78, 5) is 0. The predicted molar refractivity (Wildman–Crippen MR) is 56.6 cm³/mol. The molecule has 1 fully saturated rings. The number of hydrogen-bond donors (Lipinski definition) is 0. The molecular weight excluding hydrogens is 196 g/mol. The standard InChI is InChI=1S/C11H22O4/c1-4-9(3)13-8-15-11-6-12-7-14-10(11)5-2/h9-11H,4-8H2,1-3H3/t9-,10+,11?/m1/s1. The number of ether oxygens (including phenoxy) is 4. The van der Waals surface area contributed by atoms with E-state index in [0.717, 1.165) is 12.8 Å². The first-order chi connectivity index (χ1) is 7.27. The first kappa shape index (κ1) is 12.9. The van der Waals surface area contributed by atoms with Gasteiger partial charge in [0.15, 0.2) is 0 Å².